The van der Waals surface area contributed by atoms with Crippen molar-refractivity contribution in [3.05, 3.63) is 63.0 Å². The summed E-state index contributed by atoms with van der Waals surface area (Å²) >= 11 is 8.59. The molecule has 7 heteroatoms. The molecule has 0 bridgehead atoms. The third kappa shape index (κ3) is 3.54. The predicted octanol–water partition coefficient (Wildman–Crippen LogP) is 6.05. The van der Waals surface area contributed by atoms with Gasteiger partial charge in [-0.25, -0.2) is 0 Å². The van der Waals surface area contributed by atoms with Crippen LogP contribution in [0.25, 0.3) is 22.6 Å². The molecule has 0 atom stereocenters. The van der Waals surface area contributed by atoms with E-state index in [2.05, 4.69) is 54.2 Å². The van der Waals surface area contributed by atoms with Crippen molar-refractivity contribution in [2.45, 2.75) is 10.9 Å². The Balaban J connectivity index is 1.58. The molecule has 0 unspecified atom stereocenters. The van der Waals surface area contributed by atoms with Crippen molar-refractivity contribution in [1.29, 1.82) is 0 Å². The summed E-state index contributed by atoms with van der Waals surface area (Å²) in [7, 11) is 1.96. The van der Waals surface area contributed by atoms with E-state index in [0.717, 1.165) is 42.4 Å². The summed E-state index contributed by atoms with van der Waals surface area (Å²) in [5, 5.41) is 10.5. The van der Waals surface area contributed by atoms with Crippen LogP contribution in [0.1, 0.15) is 5.56 Å². The summed E-state index contributed by atoms with van der Waals surface area (Å²) in [6.07, 6.45) is 0. The third-order valence-electron chi connectivity index (χ3n) is 3.81. The smallest absolute Gasteiger partial charge is 0.200 e. The molecule has 0 N–H and O–H groups in total. The molecule has 2 heterocycles. The molecule has 0 saturated heterocycles. The van der Waals surface area contributed by atoms with Crippen LogP contribution in [0.4, 0.5) is 0 Å². The van der Waals surface area contributed by atoms with Gasteiger partial charge in [0.05, 0.1) is 0 Å². The van der Waals surface area contributed by atoms with E-state index in [9.17, 15) is 0 Å². The van der Waals surface area contributed by atoms with E-state index in [4.69, 9.17) is 4.42 Å². The van der Waals surface area contributed by atoms with E-state index < -0.39 is 0 Å². The highest BCUT2D eigenvalue weighted by atomic mass is 79.9. The fraction of sp³-hybridized carbons (Fsp3) is 0.111. The average molecular weight is 479 g/mol. The fourth-order valence-electron chi connectivity index (χ4n) is 2.51. The molecule has 126 valence electrons. The van der Waals surface area contributed by atoms with Crippen molar-refractivity contribution >= 4 is 54.6 Å². The zero-order chi connectivity index (χ0) is 17.4. The van der Waals surface area contributed by atoms with E-state index >= 15 is 0 Å². The second-order valence-corrected chi connectivity index (χ2v) is 8.35. The first-order chi connectivity index (χ1) is 12.1. The molecule has 0 aliphatic rings. The van der Waals surface area contributed by atoms with Crippen LogP contribution < -0.4 is 0 Å². The topological polar surface area (TPSA) is 43.9 Å². The average Bonchev–Trinajstić information content (AvgIpc) is 3.17. The first kappa shape index (κ1) is 16.9. The third-order valence-corrected chi connectivity index (χ3v) is 5.93. The van der Waals surface area contributed by atoms with Gasteiger partial charge in [0.1, 0.15) is 5.58 Å². The van der Waals surface area contributed by atoms with Crippen LogP contribution >= 0.6 is 43.6 Å². The van der Waals surface area contributed by atoms with E-state index in [1.807, 2.05) is 48.0 Å². The number of hydrogen-bond donors (Lipinski definition) is 0. The molecule has 4 rings (SSSR count). The van der Waals surface area contributed by atoms with Crippen LogP contribution in [0, 0.1) is 0 Å². The molecule has 25 heavy (non-hydrogen) atoms. The van der Waals surface area contributed by atoms with E-state index in [0.29, 0.717) is 0 Å². The Morgan fingerprint density at radius 1 is 1.00 bits per heavy atom. The molecule has 0 radical (unpaired) electrons. The molecule has 0 aliphatic carbocycles. The highest BCUT2D eigenvalue weighted by Crippen LogP contribution is 2.30. The fourth-order valence-corrected chi connectivity index (χ4v) is 4.02. The zero-order valence-electron chi connectivity index (χ0n) is 13.2. The minimum Gasteiger partial charge on any atom is -0.453 e. The van der Waals surface area contributed by atoms with Gasteiger partial charge in [0.25, 0.3) is 0 Å². The van der Waals surface area contributed by atoms with Crippen LogP contribution in [0.2, 0.25) is 0 Å². The first-order valence-electron chi connectivity index (χ1n) is 7.56. The maximum atomic E-state index is 5.92. The Bertz CT molecular complexity index is 1040. The normalized spacial score (nSPS) is 11.3. The van der Waals surface area contributed by atoms with Gasteiger partial charge >= 0.3 is 0 Å². The molecule has 2 aromatic heterocycles. The minimum absolute atomic E-state index is 0.721. The maximum absolute atomic E-state index is 5.92. The number of halogens is 2. The predicted molar refractivity (Wildman–Crippen MR) is 108 cm³/mol. The van der Waals surface area contributed by atoms with Gasteiger partial charge in [-0.15, -0.1) is 10.2 Å². The number of furan rings is 1. The van der Waals surface area contributed by atoms with Gasteiger partial charge in [0, 0.05) is 27.1 Å². The van der Waals surface area contributed by atoms with Crippen LogP contribution in [0.5, 0.6) is 0 Å². The van der Waals surface area contributed by atoms with Crippen molar-refractivity contribution in [3.63, 3.8) is 0 Å². The molecule has 0 fully saturated rings. The number of thioether (sulfide) groups is 1. The van der Waals surface area contributed by atoms with Gasteiger partial charge in [-0.05, 0) is 42.0 Å². The second-order valence-electron chi connectivity index (χ2n) is 5.57. The Kier molecular flexibility index (Phi) is 4.71. The summed E-state index contributed by atoms with van der Waals surface area (Å²) in [4.78, 5) is 0. The molecule has 0 spiro atoms. The number of aromatic nitrogens is 3. The molecular weight excluding hydrogens is 466 g/mol. The lowest BCUT2D eigenvalue weighted by atomic mass is 10.2. The van der Waals surface area contributed by atoms with Gasteiger partial charge in [-0.3, -0.25) is 0 Å². The van der Waals surface area contributed by atoms with Gasteiger partial charge < -0.3 is 8.98 Å². The number of rotatable bonds is 4. The Hall–Kier alpha value is -1.57. The summed E-state index contributed by atoms with van der Waals surface area (Å²) in [5.74, 6) is 2.29. The van der Waals surface area contributed by atoms with Crippen LogP contribution in [0.3, 0.4) is 0 Å². The Labute approximate surface area is 165 Å². The lowest BCUT2D eigenvalue weighted by Gasteiger charge is -2.03. The monoisotopic (exact) mass is 477 g/mol. The van der Waals surface area contributed by atoms with Crippen molar-refractivity contribution in [1.82, 2.24) is 14.8 Å². The van der Waals surface area contributed by atoms with Crippen LogP contribution in [-0.2, 0) is 12.8 Å². The molecule has 0 aliphatic heterocycles. The molecule has 2 aromatic carbocycles. The van der Waals surface area contributed by atoms with Crippen LogP contribution in [0.15, 0.2) is 67.0 Å². The van der Waals surface area contributed by atoms with Gasteiger partial charge in [-0.1, -0.05) is 55.8 Å². The molecule has 0 saturated carbocycles. The SMILES string of the molecule is Cn1c(SCc2ccc(Br)cc2)nnc1-c1cc2cc(Br)ccc2o1. The maximum Gasteiger partial charge on any atom is 0.200 e. The lowest BCUT2D eigenvalue weighted by Crippen LogP contribution is -1.94. The molecule has 4 aromatic rings. The minimum atomic E-state index is 0.721. The quantitative estimate of drug-likeness (QED) is 0.335. The summed E-state index contributed by atoms with van der Waals surface area (Å²) < 4.78 is 10.00. The summed E-state index contributed by atoms with van der Waals surface area (Å²) in [6, 6.07) is 16.2. The summed E-state index contributed by atoms with van der Waals surface area (Å²) in [5.41, 5.74) is 2.08. The Morgan fingerprint density at radius 2 is 1.76 bits per heavy atom. The van der Waals surface area contributed by atoms with E-state index in [1.165, 1.54) is 5.56 Å². The van der Waals surface area contributed by atoms with E-state index in [1.54, 1.807) is 11.8 Å². The molecule has 4 nitrogen and oxygen atoms in total. The largest absolute Gasteiger partial charge is 0.453 e. The first-order valence-corrected chi connectivity index (χ1v) is 10.1. The van der Waals surface area contributed by atoms with Gasteiger partial charge in [-0.2, -0.15) is 0 Å². The van der Waals surface area contributed by atoms with E-state index in [-0.39, 0.29) is 0 Å². The summed E-state index contributed by atoms with van der Waals surface area (Å²) in [6.45, 7) is 0. The lowest BCUT2D eigenvalue weighted by molar-refractivity contribution is 0.618. The standard InChI is InChI=1S/C18H13Br2N3OS/c1-23-17(16-9-12-8-14(20)6-7-15(12)24-16)21-22-18(23)25-10-11-2-4-13(19)5-3-11/h2-9H,10H2,1H3. The van der Waals surface area contributed by atoms with Crippen molar-refractivity contribution in [2.24, 2.45) is 7.05 Å². The number of hydrogen-bond acceptors (Lipinski definition) is 4. The number of fused-ring (bicyclic) bond motifs is 1. The van der Waals surface area contributed by atoms with Crippen molar-refractivity contribution in [2.75, 3.05) is 0 Å². The molecule has 0 amide bonds. The highest BCUT2D eigenvalue weighted by Gasteiger charge is 2.15. The zero-order valence-corrected chi connectivity index (χ0v) is 17.2. The Morgan fingerprint density at radius 3 is 2.56 bits per heavy atom. The van der Waals surface area contributed by atoms with Crippen LogP contribution in [-0.4, -0.2) is 14.8 Å². The highest BCUT2D eigenvalue weighted by molar-refractivity contribution is 9.10. The number of nitrogens with zero attached hydrogens (tertiary/aromatic N) is 3. The number of benzene rings is 2. The van der Waals surface area contributed by atoms with Gasteiger partial charge in [0.15, 0.2) is 16.7 Å². The second kappa shape index (κ2) is 6.97. The van der Waals surface area contributed by atoms with Gasteiger partial charge in [0.2, 0.25) is 0 Å². The van der Waals surface area contributed by atoms with Crippen molar-refractivity contribution < 1.29 is 4.42 Å². The molecular formula is C18H13Br2N3OS. The van der Waals surface area contributed by atoms with Crippen molar-refractivity contribution in [3.8, 4) is 11.6 Å².